The maximum absolute atomic E-state index is 13.2. The van der Waals surface area contributed by atoms with Crippen molar-refractivity contribution < 1.29 is 18.7 Å². The Hall–Kier alpha value is -2.32. The number of carbonyl (C=O) groups is 2. The summed E-state index contributed by atoms with van der Waals surface area (Å²) < 4.78 is 18.7. The van der Waals surface area contributed by atoms with Gasteiger partial charge in [0.05, 0.1) is 11.8 Å². The Labute approximate surface area is 185 Å². The van der Waals surface area contributed by atoms with Gasteiger partial charge in [0.15, 0.2) is 0 Å². The number of rotatable bonds is 6. The molecule has 0 unspecified atom stereocenters. The molecule has 2 aliphatic rings. The Morgan fingerprint density at radius 2 is 1.97 bits per heavy atom. The summed E-state index contributed by atoms with van der Waals surface area (Å²) in [5.41, 5.74) is 1.51. The van der Waals surface area contributed by atoms with E-state index in [0.717, 1.165) is 42.9 Å². The van der Waals surface area contributed by atoms with Crippen LogP contribution in [-0.2, 0) is 9.53 Å². The molecule has 8 heteroatoms. The minimum atomic E-state index is -0.295. The number of piperidine rings is 1. The summed E-state index contributed by atoms with van der Waals surface area (Å²) >= 11 is 1.35. The van der Waals surface area contributed by atoms with Crippen LogP contribution in [0.5, 0.6) is 0 Å². The van der Waals surface area contributed by atoms with E-state index in [-0.39, 0.29) is 23.7 Å². The van der Waals surface area contributed by atoms with Crippen molar-refractivity contribution in [2.45, 2.75) is 45.1 Å². The van der Waals surface area contributed by atoms with E-state index in [0.29, 0.717) is 42.5 Å². The second kappa shape index (κ2) is 9.87. The molecule has 31 heavy (non-hydrogen) atoms. The maximum atomic E-state index is 13.2. The minimum Gasteiger partial charge on any atom is -0.376 e. The zero-order chi connectivity index (χ0) is 21.8. The first-order chi connectivity index (χ1) is 15.0. The average molecular weight is 446 g/mol. The zero-order valence-electron chi connectivity index (χ0n) is 17.7. The molecule has 2 fully saturated rings. The molecule has 166 valence electrons. The van der Waals surface area contributed by atoms with Crippen LogP contribution in [0.2, 0.25) is 0 Å². The third-order valence-corrected chi connectivity index (χ3v) is 7.20. The Morgan fingerprint density at radius 1 is 1.23 bits per heavy atom. The topological polar surface area (TPSA) is 71.5 Å². The van der Waals surface area contributed by atoms with Crippen LogP contribution in [0.3, 0.4) is 0 Å². The molecule has 0 saturated carbocycles. The quantitative estimate of drug-likeness (QED) is 0.734. The van der Waals surface area contributed by atoms with E-state index in [1.54, 1.807) is 12.1 Å². The molecule has 2 saturated heterocycles. The molecule has 3 heterocycles. The summed E-state index contributed by atoms with van der Waals surface area (Å²) in [7, 11) is 0. The Kier molecular flexibility index (Phi) is 6.97. The second-order valence-electron chi connectivity index (χ2n) is 8.32. The summed E-state index contributed by atoms with van der Waals surface area (Å²) in [6.07, 6.45) is 4.39. The highest BCUT2D eigenvalue weighted by molar-refractivity contribution is 7.17. The average Bonchev–Trinajstić information content (AvgIpc) is 3.43. The van der Waals surface area contributed by atoms with Crippen LogP contribution >= 0.6 is 11.3 Å². The molecule has 0 bridgehead atoms. The molecule has 1 aromatic carbocycles. The number of aryl methyl sites for hydroxylation is 1. The number of hydrogen-bond donors (Lipinski definition) is 1. The van der Waals surface area contributed by atoms with E-state index in [2.05, 4.69) is 10.3 Å². The molecule has 1 atom stereocenters. The van der Waals surface area contributed by atoms with E-state index in [9.17, 15) is 14.0 Å². The monoisotopic (exact) mass is 445 g/mol. The number of nitrogens with one attached hydrogen (secondary N) is 1. The Balaban J connectivity index is 1.28. The molecular formula is C23H28FN3O3S. The lowest BCUT2D eigenvalue weighted by atomic mass is 9.93. The van der Waals surface area contributed by atoms with Crippen molar-refractivity contribution in [1.82, 2.24) is 15.2 Å². The first-order valence-corrected chi connectivity index (χ1v) is 11.7. The van der Waals surface area contributed by atoms with Gasteiger partial charge in [-0.15, -0.1) is 11.3 Å². The Bertz CT molecular complexity index is 917. The number of benzene rings is 1. The summed E-state index contributed by atoms with van der Waals surface area (Å²) in [4.78, 5) is 32.3. The van der Waals surface area contributed by atoms with Gasteiger partial charge in [0.1, 0.15) is 15.7 Å². The van der Waals surface area contributed by atoms with Crippen LogP contribution in [-0.4, -0.2) is 54.0 Å². The fourth-order valence-corrected chi connectivity index (χ4v) is 5.20. The summed E-state index contributed by atoms with van der Waals surface area (Å²) in [5.74, 6) is 0.0646. The summed E-state index contributed by atoms with van der Waals surface area (Å²) in [6, 6.07) is 6.15. The van der Waals surface area contributed by atoms with E-state index in [4.69, 9.17) is 4.74 Å². The molecular weight excluding hydrogens is 417 g/mol. The van der Waals surface area contributed by atoms with E-state index < -0.39 is 0 Å². The predicted octanol–water partition coefficient (Wildman–Crippen LogP) is 3.80. The molecule has 0 aliphatic carbocycles. The van der Waals surface area contributed by atoms with Crippen molar-refractivity contribution in [3.8, 4) is 10.6 Å². The third-order valence-electron chi connectivity index (χ3n) is 6.01. The van der Waals surface area contributed by atoms with E-state index in [1.807, 2.05) is 11.8 Å². The number of ether oxygens (including phenoxy) is 1. The molecule has 6 nitrogen and oxygen atoms in total. The van der Waals surface area contributed by atoms with Crippen LogP contribution in [0.4, 0.5) is 4.39 Å². The molecule has 1 aromatic heterocycles. The van der Waals surface area contributed by atoms with E-state index >= 15 is 0 Å². The van der Waals surface area contributed by atoms with Crippen molar-refractivity contribution in [2.75, 3.05) is 26.2 Å². The fraction of sp³-hybridized carbons (Fsp3) is 0.522. The highest BCUT2D eigenvalue weighted by atomic mass is 32.1. The van der Waals surface area contributed by atoms with Crippen LogP contribution < -0.4 is 5.32 Å². The Morgan fingerprint density at radius 3 is 2.65 bits per heavy atom. The van der Waals surface area contributed by atoms with E-state index in [1.165, 1.54) is 23.5 Å². The molecule has 4 rings (SSSR count). The highest BCUT2D eigenvalue weighted by Crippen LogP contribution is 2.30. The molecule has 2 aromatic rings. The fourth-order valence-electron chi connectivity index (χ4n) is 4.16. The lowest BCUT2D eigenvalue weighted by Crippen LogP contribution is -2.40. The van der Waals surface area contributed by atoms with Crippen molar-refractivity contribution in [3.63, 3.8) is 0 Å². The van der Waals surface area contributed by atoms with Crippen LogP contribution in [0.15, 0.2) is 24.3 Å². The van der Waals surface area contributed by atoms with Crippen molar-refractivity contribution in [1.29, 1.82) is 0 Å². The van der Waals surface area contributed by atoms with Crippen molar-refractivity contribution in [2.24, 2.45) is 5.92 Å². The molecule has 0 spiro atoms. The zero-order valence-corrected chi connectivity index (χ0v) is 18.5. The smallest absolute Gasteiger partial charge is 0.265 e. The summed E-state index contributed by atoms with van der Waals surface area (Å²) in [5, 5.41) is 3.71. The number of thiazole rings is 1. The largest absolute Gasteiger partial charge is 0.376 e. The van der Waals surface area contributed by atoms with Crippen molar-refractivity contribution >= 4 is 23.2 Å². The molecule has 2 aliphatic heterocycles. The lowest BCUT2D eigenvalue weighted by Gasteiger charge is -2.31. The first kappa shape index (κ1) is 21.9. The standard InChI is InChI=1S/C23H28FN3O3S/c1-15-21(31-22(26-15)17-4-6-18(24)7-5-17)23(29)27-10-8-16(9-11-27)13-20(28)25-14-19-3-2-12-30-19/h4-7,16,19H,2-3,8-14H2,1H3,(H,25,28)/t19-/m0/s1. The van der Waals surface area contributed by atoms with Gasteiger partial charge in [0.2, 0.25) is 5.91 Å². The van der Waals surface area contributed by atoms with Crippen LogP contribution in [0.25, 0.3) is 10.6 Å². The van der Waals surface area contributed by atoms with Gasteiger partial charge in [-0.2, -0.15) is 0 Å². The van der Waals surface area contributed by atoms with Crippen LogP contribution in [0.1, 0.15) is 47.5 Å². The molecule has 0 radical (unpaired) electrons. The van der Waals surface area contributed by atoms with Crippen molar-refractivity contribution in [3.05, 3.63) is 40.7 Å². The maximum Gasteiger partial charge on any atom is 0.265 e. The highest BCUT2D eigenvalue weighted by Gasteiger charge is 2.28. The number of hydrogen-bond acceptors (Lipinski definition) is 5. The SMILES string of the molecule is Cc1nc(-c2ccc(F)cc2)sc1C(=O)N1CCC(CC(=O)NC[C@@H]2CCCO2)CC1. The molecule has 1 N–H and O–H groups in total. The normalized spacial score (nSPS) is 19.5. The number of carbonyl (C=O) groups excluding carboxylic acids is 2. The van der Waals surface area contributed by atoms with Gasteiger partial charge in [0.25, 0.3) is 5.91 Å². The number of nitrogens with zero attached hydrogens (tertiary/aromatic N) is 2. The second-order valence-corrected chi connectivity index (χ2v) is 9.32. The summed E-state index contributed by atoms with van der Waals surface area (Å²) in [6.45, 7) is 4.51. The van der Waals surface area contributed by atoms with Gasteiger partial charge in [-0.1, -0.05) is 0 Å². The van der Waals surface area contributed by atoms with Gasteiger partial charge in [-0.05, 0) is 62.8 Å². The minimum absolute atomic E-state index is 0.00959. The lowest BCUT2D eigenvalue weighted by molar-refractivity contribution is -0.122. The van der Waals surface area contributed by atoms with Gasteiger partial charge < -0.3 is 15.0 Å². The third kappa shape index (κ3) is 5.49. The first-order valence-electron chi connectivity index (χ1n) is 10.9. The van der Waals surface area contributed by atoms with Gasteiger partial charge in [-0.25, -0.2) is 9.37 Å². The number of halogens is 1. The number of aromatic nitrogens is 1. The van der Waals surface area contributed by atoms with Crippen LogP contribution in [0, 0.1) is 18.7 Å². The van der Waals surface area contributed by atoms with Gasteiger partial charge in [0, 0.05) is 38.2 Å². The molecule has 2 amide bonds. The van der Waals surface area contributed by atoms with Gasteiger partial charge in [-0.3, -0.25) is 9.59 Å². The number of likely N-dealkylation sites (tertiary alicyclic amines) is 1. The van der Waals surface area contributed by atoms with Gasteiger partial charge >= 0.3 is 0 Å². The predicted molar refractivity (Wildman–Crippen MR) is 117 cm³/mol. The number of amides is 2.